The monoisotopic (exact) mass is 449 g/mol. The molecule has 1 aliphatic heterocycles. The number of benzene rings is 2. The second-order valence-corrected chi connectivity index (χ2v) is 9.34. The number of fused-ring (bicyclic) bond motifs is 1. The Morgan fingerprint density at radius 1 is 1.00 bits per heavy atom. The predicted octanol–water partition coefficient (Wildman–Crippen LogP) is 5.15. The molecule has 1 aliphatic carbocycles. The van der Waals surface area contributed by atoms with E-state index in [1.165, 1.54) is 6.92 Å². The topological polar surface area (TPSA) is 81.7 Å². The molecule has 0 aromatic heterocycles. The molecular formula is C27H31NO5. The number of nitrogens with one attached hydrogen (secondary N) is 1. The summed E-state index contributed by atoms with van der Waals surface area (Å²) in [5.41, 5.74) is 3.98. The van der Waals surface area contributed by atoms with Gasteiger partial charge < -0.3 is 19.6 Å². The van der Waals surface area contributed by atoms with E-state index in [2.05, 4.69) is 11.4 Å². The molecule has 33 heavy (non-hydrogen) atoms. The fraction of sp³-hybridized carbons (Fsp3) is 0.444. The van der Waals surface area contributed by atoms with E-state index in [4.69, 9.17) is 9.47 Å². The van der Waals surface area contributed by atoms with E-state index in [0.717, 1.165) is 53.1 Å². The Balaban J connectivity index is 1.65. The fourth-order valence-electron chi connectivity index (χ4n) is 5.51. The zero-order chi connectivity index (χ0) is 23.5. The minimum Gasteiger partial charge on any atom is -0.454 e. The fourth-order valence-corrected chi connectivity index (χ4v) is 5.51. The molecule has 1 amide bonds. The van der Waals surface area contributed by atoms with Gasteiger partial charge in [0.1, 0.15) is 11.6 Å². The lowest BCUT2D eigenvalue weighted by Crippen LogP contribution is -2.25. The molecule has 1 N–H and O–H groups in total. The summed E-state index contributed by atoms with van der Waals surface area (Å²) in [5, 5.41) is 2.86. The molecule has 0 radical (unpaired) electrons. The van der Waals surface area contributed by atoms with Gasteiger partial charge in [-0.2, -0.15) is 0 Å². The van der Waals surface area contributed by atoms with Crippen LogP contribution in [-0.4, -0.2) is 24.3 Å². The van der Waals surface area contributed by atoms with Crippen molar-refractivity contribution < 1.29 is 23.9 Å². The molecule has 0 spiro atoms. The molecule has 1 heterocycles. The van der Waals surface area contributed by atoms with Gasteiger partial charge in [0.05, 0.1) is 0 Å². The second kappa shape index (κ2) is 9.77. The molecular weight excluding hydrogens is 418 g/mol. The molecule has 3 unspecified atom stereocenters. The van der Waals surface area contributed by atoms with Crippen LogP contribution in [-0.2, 0) is 20.8 Å². The molecule has 1 saturated carbocycles. The molecule has 4 rings (SSSR count). The first-order valence-electron chi connectivity index (χ1n) is 11.6. The molecule has 6 heteroatoms. The van der Waals surface area contributed by atoms with E-state index >= 15 is 0 Å². The van der Waals surface area contributed by atoms with Crippen LogP contribution in [0.25, 0.3) is 0 Å². The number of hydrogen-bond donors (Lipinski definition) is 1. The number of hydrogen-bond acceptors (Lipinski definition) is 5. The number of anilines is 1. The summed E-state index contributed by atoms with van der Waals surface area (Å²) in [6, 6.07) is 11.8. The van der Waals surface area contributed by atoms with Crippen molar-refractivity contribution in [1.29, 1.82) is 0 Å². The third kappa shape index (κ3) is 5.27. The lowest BCUT2D eigenvalue weighted by molar-refractivity contribution is -0.118. The standard InChI is InChI=1S/C27H31NO5/c1-16(29)11-20-8-10-25-27(33-15-32-25)26(20)21-7-9-24(22(13-21)12-17(2)30)19-5-4-6-23(14-19)28-18(3)31/h4-6,8,10,14,21-22,24H,7,9,11-13,15H2,1-3H3,(H,28,31). The summed E-state index contributed by atoms with van der Waals surface area (Å²) >= 11 is 0. The predicted molar refractivity (Wildman–Crippen MR) is 126 cm³/mol. The number of ketones is 2. The maximum Gasteiger partial charge on any atom is 0.231 e. The Hall–Kier alpha value is -3.15. The van der Waals surface area contributed by atoms with Crippen LogP contribution in [0.15, 0.2) is 36.4 Å². The summed E-state index contributed by atoms with van der Waals surface area (Å²) in [6.07, 6.45) is 3.53. The van der Waals surface area contributed by atoms with Crippen molar-refractivity contribution in [2.45, 2.75) is 64.7 Å². The van der Waals surface area contributed by atoms with Gasteiger partial charge in [-0.3, -0.25) is 9.59 Å². The Labute approximate surface area is 194 Å². The number of Topliss-reactive ketones (excluding diaryl/α,β-unsaturated/α-hetero) is 2. The SMILES string of the molecule is CC(=O)Cc1ccc2c(c1C1CCC(c3cccc(NC(C)=O)c3)C(CC(C)=O)C1)OCO2. The van der Waals surface area contributed by atoms with E-state index in [-0.39, 0.29) is 42.0 Å². The highest BCUT2D eigenvalue weighted by molar-refractivity contribution is 5.88. The van der Waals surface area contributed by atoms with Gasteiger partial charge in [-0.1, -0.05) is 18.2 Å². The molecule has 2 aromatic carbocycles. The van der Waals surface area contributed by atoms with Gasteiger partial charge in [0.15, 0.2) is 11.5 Å². The van der Waals surface area contributed by atoms with E-state index < -0.39 is 0 Å². The highest BCUT2D eigenvalue weighted by atomic mass is 16.7. The lowest BCUT2D eigenvalue weighted by atomic mass is 9.67. The van der Waals surface area contributed by atoms with Crippen molar-refractivity contribution in [3.8, 4) is 11.5 Å². The summed E-state index contributed by atoms with van der Waals surface area (Å²) < 4.78 is 11.5. The molecule has 174 valence electrons. The van der Waals surface area contributed by atoms with Crippen LogP contribution < -0.4 is 14.8 Å². The maximum absolute atomic E-state index is 12.2. The molecule has 1 fully saturated rings. The van der Waals surface area contributed by atoms with Crippen molar-refractivity contribution in [1.82, 2.24) is 0 Å². The van der Waals surface area contributed by atoms with Crippen molar-refractivity contribution in [2.24, 2.45) is 5.92 Å². The Kier molecular flexibility index (Phi) is 6.82. The van der Waals surface area contributed by atoms with Crippen LogP contribution in [0.2, 0.25) is 0 Å². The van der Waals surface area contributed by atoms with E-state index in [1.807, 2.05) is 30.3 Å². The Morgan fingerprint density at radius 3 is 2.55 bits per heavy atom. The van der Waals surface area contributed by atoms with Crippen molar-refractivity contribution in [3.05, 3.63) is 53.1 Å². The Bertz CT molecular complexity index is 1080. The van der Waals surface area contributed by atoms with Crippen LogP contribution in [0, 0.1) is 5.92 Å². The van der Waals surface area contributed by atoms with Crippen molar-refractivity contribution in [2.75, 3.05) is 12.1 Å². The number of rotatable bonds is 7. The van der Waals surface area contributed by atoms with Gasteiger partial charge >= 0.3 is 0 Å². The average molecular weight is 450 g/mol. The molecule has 3 atom stereocenters. The smallest absolute Gasteiger partial charge is 0.231 e. The largest absolute Gasteiger partial charge is 0.454 e. The van der Waals surface area contributed by atoms with Gasteiger partial charge in [0, 0.05) is 31.0 Å². The van der Waals surface area contributed by atoms with Gasteiger partial charge in [-0.25, -0.2) is 0 Å². The van der Waals surface area contributed by atoms with E-state index in [0.29, 0.717) is 12.8 Å². The first-order valence-corrected chi connectivity index (χ1v) is 11.6. The second-order valence-electron chi connectivity index (χ2n) is 9.34. The molecule has 2 aliphatic rings. The zero-order valence-corrected chi connectivity index (χ0v) is 19.5. The summed E-state index contributed by atoms with van der Waals surface area (Å²) in [4.78, 5) is 35.7. The number of carbonyl (C=O) groups is 3. The number of ether oxygens (including phenoxy) is 2. The quantitative estimate of drug-likeness (QED) is 0.632. The minimum atomic E-state index is -0.103. The first-order chi connectivity index (χ1) is 15.8. The van der Waals surface area contributed by atoms with Crippen LogP contribution in [0.5, 0.6) is 11.5 Å². The Morgan fingerprint density at radius 2 is 1.82 bits per heavy atom. The molecule has 0 saturated heterocycles. The number of amides is 1. The highest BCUT2D eigenvalue weighted by Gasteiger charge is 2.36. The highest BCUT2D eigenvalue weighted by Crippen LogP contribution is 2.51. The van der Waals surface area contributed by atoms with Crippen molar-refractivity contribution >= 4 is 23.2 Å². The maximum atomic E-state index is 12.2. The van der Waals surface area contributed by atoms with Crippen LogP contribution in [0.4, 0.5) is 5.69 Å². The van der Waals surface area contributed by atoms with Gasteiger partial charge in [-0.15, -0.1) is 0 Å². The van der Waals surface area contributed by atoms with Crippen LogP contribution >= 0.6 is 0 Å². The molecule has 2 aromatic rings. The molecule has 0 bridgehead atoms. The lowest BCUT2D eigenvalue weighted by Gasteiger charge is -2.37. The third-order valence-electron chi connectivity index (χ3n) is 6.68. The number of carbonyl (C=O) groups excluding carboxylic acids is 3. The van der Waals surface area contributed by atoms with Gasteiger partial charge in [-0.05, 0) is 80.2 Å². The zero-order valence-electron chi connectivity index (χ0n) is 19.5. The van der Waals surface area contributed by atoms with Crippen LogP contribution in [0.3, 0.4) is 0 Å². The van der Waals surface area contributed by atoms with E-state index in [1.54, 1.807) is 13.8 Å². The van der Waals surface area contributed by atoms with Crippen LogP contribution in [0.1, 0.15) is 75.0 Å². The first kappa shape index (κ1) is 23.0. The summed E-state index contributed by atoms with van der Waals surface area (Å²) in [6.45, 7) is 4.94. The van der Waals surface area contributed by atoms with E-state index in [9.17, 15) is 14.4 Å². The van der Waals surface area contributed by atoms with Gasteiger partial charge in [0.2, 0.25) is 12.7 Å². The third-order valence-corrected chi connectivity index (χ3v) is 6.68. The summed E-state index contributed by atoms with van der Waals surface area (Å²) in [7, 11) is 0. The normalized spacial score (nSPS) is 21.5. The summed E-state index contributed by atoms with van der Waals surface area (Å²) in [5.74, 6) is 2.24. The average Bonchev–Trinajstić information content (AvgIpc) is 3.21. The minimum absolute atomic E-state index is 0.103. The van der Waals surface area contributed by atoms with Gasteiger partial charge in [0.25, 0.3) is 0 Å². The van der Waals surface area contributed by atoms with Crippen molar-refractivity contribution in [3.63, 3.8) is 0 Å². The molecule has 6 nitrogen and oxygen atoms in total.